The molecule has 0 radical (unpaired) electrons. The minimum Gasteiger partial charge on any atom is -0.378 e. The second-order valence-electron chi connectivity index (χ2n) is 4.42. The number of hydrogen-bond donors (Lipinski definition) is 2. The van der Waals surface area contributed by atoms with Gasteiger partial charge in [0.05, 0.1) is 23.1 Å². The number of rotatable bonds is 4. The van der Waals surface area contributed by atoms with E-state index in [4.69, 9.17) is 10.5 Å². The summed E-state index contributed by atoms with van der Waals surface area (Å²) in [5.74, 6) is 5.68. The van der Waals surface area contributed by atoms with Gasteiger partial charge in [-0.2, -0.15) is 0 Å². The lowest BCUT2D eigenvalue weighted by molar-refractivity contribution is -0.00862. The molecule has 19 heavy (non-hydrogen) atoms. The molecule has 0 aromatic carbocycles. The molecule has 1 heterocycles. The molecule has 102 valence electrons. The van der Waals surface area contributed by atoms with E-state index in [1.807, 2.05) is 12.3 Å². The van der Waals surface area contributed by atoms with E-state index in [1.165, 1.54) is 11.3 Å². The third-order valence-electron chi connectivity index (χ3n) is 3.01. The van der Waals surface area contributed by atoms with Gasteiger partial charge in [-0.1, -0.05) is 11.8 Å². The van der Waals surface area contributed by atoms with Gasteiger partial charge in [-0.15, -0.1) is 11.3 Å². The van der Waals surface area contributed by atoms with E-state index < -0.39 is 0 Å². The third kappa shape index (κ3) is 3.80. The van der Waals surface area contributed by atoms with Crippen LogP contribution in [0.25, 0.3) is 0 Å². The van der Waals surface area contributed by atoms with Crippen molar-refractivity contribution >= 4 is 17.2 Å². The molecule has 5 heteroatoms. The van der Waals surface area contributed by atoms with Crippen LogP contribution in [-0.4, -0.2) is 31.2 Å². The highest BCUT2D eigenvalue weighted by Gasteiger charge is 2.30. The number of ether oxygens (including phenoxy) is 1. The highest BCUT2D eigenvalue weighted by Crippen LogP contribution is 2.24. The lowest BCUT2D eigenvalue weighted by Gasteiger charge is -2.35. The quantitative estimate of drug-likeness (QED) is 0.817. The number of thiophene rings is 1. The van der Waals surface area contributed by atoms with Crippen LogP contribution in [0.2, 0.25) is 0 Å². The molecule has 1 amide bonds. The lowest BCUT2D eigenvalue weighted by atomic mass is 9.89. The summed E-state index contributed by atoms with van der Waals surface area (Å²) in [5, 5.41) is 4.83. The normalized spacial score (nSPS) is 21.2. The van der Waals surface area contributed by atoms with Crippen molar-refractivity contribution in [1.29, 1.82) is 0 Å². The summed E-state index contributed by atoms with van der Waals surface area (Å²) in [6.45, 7) is 3.06. The van der Waals surface area contributed by atoms with E-state index >= 15 is 0 Å². The maximum atomic E-state index is 12.0. The highest BCUT2D eigenvalue weighted by molar-refractivity contribution is 7.10. The minimum atomic E-state index is -0.0306. The van der Waals surface area contributed by atoms with Crippen molar-refractivity contribution in [3.8, 4) is 11.8 Å². The Kier molecular flexibility index (Phi) is 4.97. The Morgan fingerprint density at radius 1 is 1.63 bits per heavy atom. The molecule has 0 spiro atoms. The zero-order chi connectivity index (χ0) is 13.7. The van der Waals surface area contributed by atoms with E-state index in [-0.39, 0.29) is 11.9 Å². The van der Waals surface area contributed by atoms with Crippen LogP contribution in [0, 0.1) is 11.8 Å². The Morgan fingerprint density at radius 2 is 2.42 bits per heavy atom. The molecule has 2 rings (SSSR count). The summed E-state index contributed by atoms with van der Waals surface area (Å²) >= 11 is 1.46. The lowest BCUT2D eigenvalue weighted by Crippen LogP contribution is -2.47. The Morgan fingerprint density at radius 3 is 3.11 bits per heavy atom. The zero-order valence-corrected chi connectivity index (χ0v) is 11.8. The number of amides is 1. The standard InChI is InChI=1S/C14H18N2O2S/c1-2-18-12-7-11(8-12)16-14(17)10-6-13(19-9-10)4-3-5-15/h6,9,11-12H,2,5,7-8,15H2,1H3,(H,16,17). The Labute approximate surface area is 117 Å². The molecule has 4 nitrogen and oxygen atoms in total. The van der Waals surface area contributed by atoms with Gasteiger partial charge in [0, 0.05) is 18.0 Å². The average Bonchev–Trinajstić information content (AvgIpc) is 2.82. The SMILES string of the molecule is CCOC1CC(NC(=O)c2csc(C#CCN)c2)C1. The van der Waals surface area contributed by atoms with Gasteiger partial charge in [0.15, 0.2) is 0 Å². The van der Waals surface area contributed by atoms with Gasteiger partial charge in [0.1, 0.15) is 0 Å². The second kappa shape index (κ2) is 6.71. The Bertz CT molecular complexity index is 495. The number of nitrogens with two attached hydrogens (primary N) is 1. The Balaban J connectivity index is 1.82. The summed E-state index contributed by atoms with van der Waals surface area (Å²) in [6.07, 6.45) is 2.12. The molecule has 0 saturated heterocycles. The van der Waals surface area contributed by atoms with Gasteiger partial charge in [0.25, 0.3) is 5.91 Å². The first-order valence-corrected chi connectivity index (χ1v) is 7.30. The first kappa shape index (κ1) is 14.1. The van der Waals surface area contributed by atoms with E-state index in [1.54, 1.807) is 6.07 Å². The molecule has 0 bridgehead atoms. The third-order valence-corrected chi connectivity index (χ3v) is 3.85. The summed E-state index contributed by atoms with van der Waals surface area (Å²) < 4.78 is 5.46. The summed E-state index contributed by atoms with van der Waals surface area (Å²) in [5.41, 5.74) is 5.98. The van der Waals surface area contributed by atoms with E-state index in [0.717, 1.165) is 24.3 Å². The van der Waals surface area contributed by atoms with Crippen LogP contribution in [0.3, 0.4) is 0 Å². The fourth-order valence-corrected chi connectivity index (χ4v) is 2.74. The predicted molar refractivity (Wildman–Crippen MR) is 76.2 cm³/mol. The van der Waals surface area contributed by atoms with Gasteiger partial charge in [0.2, 0.25) is 0 Å². The van der Waals surface area contributed by atoms with Gasteiger partial charge in [-0.25, -0.2) is 0 Å². The van der Waals surface area contributed by atoms with Gasteiger partial charge >= 0.3 is 0 Å². The molecule has 0 aliphatic heterocycles. The van der Waals surface area contributed by atoms with Crippen molar-refractivity contribution in [3.05, 3.63) is 21.9 Å². The molecular weight excluding hydrogens is 260 g/mol. The van der Waals surface area contributed by atoms with Crippen molar-refractivity contribution in [2.75, 3.05) is 13.2 Å². The van der Waals surface area contributed by atoms with Crippen LogP contribution < -0.4 is 11.1 Å². The predicted octanol–water partition coefficient (Wildman–Crippen LogP) is 1.36. The zero-order valence-electron chi connectivity index (χ0n) is 10.9. The first-order chi connectivity index (χ1) is 9.22. The molecule has 1 aromatic heterocycles. The first-order valence-electron chi connectivity index (χ1n) is 6.42. The molecule has 0 atom stereocenters. The van der Waals surface area contributed by atoms with Crippen LogP contribution >= 0.6 is 11.3 Å². The molecule has 1 fully saturated rings. The topological polar surface area (TPSA) is 64.3 Å². The van der Waals surface area contributed by atoms with Crippen LogP contribution in [0.15, 0.2) is 11.4 Å². The molecule has 1 aliphatic rings. The molecule has 1 saturated carbocycles. The molecule has 0 unspecified atom stereocenters. The molecule has 1 aliphatic carbocycles. The van der Waals surface area contributed by atoms with Crippen molar-refractivity contribution in [1.82, 2.24) is 5.32 Å². The fourth-order valence-electron chi connectivity index (χ4n) is 1.98. The molecule has 3 N–H and O–H groups in total. The van der Waals surface area contributed by atoms with Crippen molar-refractivity contribution in [3.63, 3.8) is 0 Å². The summed E-state index contributed by atoms with van der Waals surface area (Å²) in [4.78, 5) is 12.9. The summed E-state index contributed by atoms with van der Waals surface area (Å²) in [6, 6.07) is 2.05. The highest BCUT2D eigenvalue weighted by atomic mass is 32.1. The maximum Gasteiger partial charge on any atom is 0.252 e. The number of hydrogen-bond acceptors (Lipinski definition) is 4. The smallest absolute Gasteiger partial charge is 0.252 e. The minimum absolute atomic E-state index is 0.0306. The van der Waals surface area contributed by atoms with Crippen LogP contribution in [0.1, 0.15) is 35.0 Å². The monoisotopic (exact) mass is 278 g/mol. The van der Waals surface area contributed by atoms with Gasteiger partial charge in [-0.05, 0) is 25.8 Å². The van der Waals surface area contributed by atoms with E-state index in [9.17, 15) is 4.79 Å². The van der Waals surface area contributed by atoms with E-state index in [2.05, 4.69) is 17.2 Å². The molecular formula is C14H18N2O2S. The van der Waals surface area contributed by atoms with Crippen molar-refractivity contribution < 1.29 is 9.53 Å². The average molecular weight is 278 g/mol. The van der Waals surface area contributed by atoms with Crippen molar-refractivity contribution in [2.24, 2.45) is 5.73 Å². The van der Waals surface area contributed by atoms with Gasteiger partial charge in [-0.3, -0.25) is 4.79 Å². The second-order valence-corrected chi connectivity index (χ2v) is 5.34. The number of carbonyl (C=O) groups excluding carboxylic acids is 1. The van der Waals surface area contributed by atoms with E-state index in [0.29, 0.717) is 18.2 Å². The Hall–Kier alpha value is -1.35. The number of carbonyl (C=O) groups is 1. The largest absolute Gasteiger partial charge is 0.378 e. The molecule has 1 aromatic rings. The van der Waals surface area contributed by atoms with Crippen LogP contribution in [0.5, 0.6) is 0 Å². The summed E-state index contributed by atoms with van der Waals surface area (Å²) in [7, 11) is 0. The fraction of sp³-hybridized carbons (Fsp3) is 0.500. The van der Waals surface area contributed by atoms with Gasteiger partial charge < -0.3 is 15.8 Å². The van der Waals surface area contributed by atoms with Crippen LogP contribution in [0.4, 0.5) is 0 Å². The maximum absolute atomic E-state index is 12.0. The van der Waals surface area contributed by atoms with Crippen molar-refractivity contribution in [2.45, 2.75) is 31.9 Å². The number of nitrogens with one attached hydrogen (secondary N) is 1. The van der Waals surface area contributed by atoms with Crippen LogP contribution in [-0.2, 0) is 4.74 Å².